The van der Waals surface area contributed by atoms with Gasteiger partial charge in [0.25, 0.3) is 5.91 Å². The number of aryl methyl sites for hydroxylation is 1. The molecule has 3 aromatic carbocycles. The molecule has 3 heterocycles. The molecule has 0 spiro atoms. The first-order valence-corrected chi connectivity index (χ1v) is 17.0. The van der Waals surface area contributed by atoms with Gasteiger partial charge in [-0.05, 0) is 35.7 Å². The van der Waals surface area contributed by atoms with E-state index in [4.69, 9.17) is 14.2 Å². The molecule has 47 heavy (non-hydrogen) atoms. The zero-order valence-electron chi connectivity index (χ0n) is 25.8. The maximum Gasteiger partial charge on any atom is 0.408 e. The normalized spacial score (nSPS) is 22.8. The number of nitrogens with one attached hydrogen (secondary N) is 1. The van der Waals surface area contributed by atoms with Gasteiger partial charge in [0.1, 0.15) is 17.7 Å². The first-order chi connectivity index (χ1) is 22.8. The van der Waals surface area contributed by atoms with Gasteiger partial charge < -0.3 is 24.6 Å². The van der Waals surface area contributed by atoms with Gasteiger partial charge >= 0.3 is 6.09 Å². The predicted molar refractivity (Wildman–Crippen MR) is 175 cm³/mol. The van der Waals surface area contributed by atoms with Gasteiger partial charge in [-0.2, -0.15) is 0 Å². The summed E-state index contributed by atoms with van der Waals surface area (Å²) in [5.41, 5.74) is 3.53. The van der Waals surface area contributed by atoms with Crippen LogP contribution in [-0.2, 0) is 37.0 Å². The molecule has 0 aliphatic carbocycles. The third-order valence-corrected chi connectivity index (χ3v) is 10.1. The van der Waals surface area contributed by atoms with E-state index < -0.39 is 30.2 Å². The summed E-state index contributed by atoms with van der Waals surface area (Å²) in [6.07, 6.45) is -2.34. The predicted octanol–water partition coefficient (Wildman–Crippen LogP) is 5.48. The summed E-state index contributed by atoms with van der Waals surface area (Å²) in [6, 6.07) is 22.7. The average Bonchev–Trinajstić information content (AvgIpc) is 3.64. The van der Waals surface area contributed by atoms with E-state index >= 15 is 0 Å². The minimum Gasteiger partial charge on any atom is -0.445 e. The van der Waals surface area contributed by atoms with Gasteiger partial charge in [0.2, 0.25) is 5.91 Å². The number of rotatable bonds is 10. The first kappa shape index (κ1) is 32.8. The highest BCUT2D eigenvalue weighted by atomic mass is 32.2. The van der Waals surface area contributed by atoms with Crippen LogP contribution in [0.3, 0.4) is 0 Å². The van der Waals surface area contributed by atoms with Crippen LogP contribution in [0, 0.1) is 12.8 Å². The number of imide groups is 1. The van der Waals surface area contributed by atoms with Crippen molar-refractivity contribution < 1.29 is 33.7 Å². The highest BCUT2D eigenvalue weighted by molar-refractivity contribution is 8.01. The number of nitrogens with zero attached hydrogens (tertiary/aromatic N) is 3. The minimum absolute atomic E-state index is 0.0360. The first-order valence-electron chi connectivity index (χ1n) is 15.2. The van der Waals surface area contributed by atoms with Gasteiger partial charge in [-0.25, -0.2) is 9.69 Å². The van der Waals surface area contributed by atoms with Gasteiger partial charge in [0, 0.05) is 17.2 Å². The van der Waals surface area contributed by atoms with Crippen LogP contribution in [0.15, 0.2) is 83.2 Å². The second kappa shape index (κ2) is 14.7. The number of hydrogen-bond acceptors (Lipinski definition) is 11. The number of ether oxygens (including phenoxy) is 3. The van der Waals surface area contributed by atoms with Crippen molar-refractivity contribution in [3.63, 3.8) is 0 Å². The Bertz CT molecular complexity index is 1720. The summed E-state index contributed by atoms with van der Waals surface area (Å²) in [4.78, 5) is 40.0. The van der Waals surface area contributed by atoms with E-state index in [1.54, 1.807) is 30.0 Å². The molecule has 2 fully saturated rings. The molecule has 0 saturated carbocycles. The fourth-order valence-corrected chi connectivity index (χ4v) is 7.54. The standard InChI is InChI=1S/C34H34N4O7S2/c1-20-28(19-46-34-37-36-21(2)47-34)44-32(45-30(20)24-13-11-22(17-39)12-14-24)25-9-6-10-26(15-25)38-29(40)16-27(31(38)41)35-33(42)43-18-23-7-4-3-5-8-23/h3-15,20,27-28,30,32,39H,16-19H2,1-2H3,(H,35,42)/t20-,27?,28+,30+,32+/m0/s1. The summed E-state index contributed by atoms with van der Waals surface area (Å²) in [5.74, 6) is -0.419. The number of benzene rings is 3. The van der Waals surface area contributed by atoms with Gasteiger partial charge in [-0.3, -0.25) is 9.59 Å². The quantitative estimate of drug-likeness (QED) is 0.164. The van der Waals surface area contributed by atoms with Crippen molar-refractivity contribution in [2.24, 2.45) is 5.92 Å². The van der Waals surface area contributed by atoms with E-state index in [1.807, 2.05) is 67.6 Å². The van der Waals surface area contributed by atoms with Crippen LogP contribution < -0.4 is 10.2 Å². The lowest BCUT2D eigenvalue weighted by Crippen LogP contribution is -2.42. The number of anilines is 1. The number of hydrogen-bond donors (Lipinski definition) is 2. The molecule has 244 valence electrons. The SMILES string of the molecule is Cc1nnc(SC[C@H]2O[C@@H](c3cccc(N4C(=O)CC(NC(=O)OCc5ccccc5)C4=O)c3)O[C@@H](c3ccc(CO)cc3)[C@H]2C)s1. The Morgan fingerprint density at radius 1 is 1.02 bits per heavy atom. The monoisotopic (exact) mass is 674 g/mol. The molecule has 0 bridgehead atoms. The van der Waals surface area contributed by atoms with Crippen LogP contribution in [0.1, 0.15) is 53.0 Å². The Hall–Kier alpha value is -4.14. The van der Waals surface area contributed by atoms with E-state index in [9.17, 15) is 19.5 Å². The third kappa shape index (κ3) is 7.71. The highest BCUT2D eigenvalue weighted by Gasteiger charge is 2.42. The van der Waals surface area contributed by atoms with Crippen LogP contribution >= 0.6 is 23.1 Å². The van der Waals surface area contributed by atoms with Crippen molar-refractivity contribution in [3.8, 4) is 0 Å². The van der Waals surface area contributed by atoms with E-state index in [0.29, 0.717) is 17.0 Å². The highest BCUT2D eigenvalue weighted by Crippen LogP contribution is 2.43. The number of aliphatic hydroxyl groups is 1. The maximum atomic E-state index is 13.4. The van der Waals surface area contributed by atoms with Crippen molar-refractivity contribution in [2.75, 3.05) is 10.7 Å². The third-order valence-electron chi connectivity index (χ3n) is 8.05. The fraction of sp³-hybridized carbons (Fsp3) is 0.324. The summed E-state index contributed by atoms with van der Waals surface area (Å²) < 4.78 is 19.2. The number of carbonyl (C=O) groups is 3. The topological polar surface area (TPSA) is 140 Å². The van der Waals surface area contributed by atoms with Crippen LogP contribution in [0.25, 0.3) is 0 Å². The van der Waals surface area contributed by atoms with Gasteiger partial charge in [-0.1, -0.05) is 96.8 Å². The Labute approximate surface area is 280 Å². The Morgan fingerprint density at radius 2 is 1.81 bits per heavy atom. The molecule has 2 saturated heterocycles. The second-order valence-corrected chi connectivity index (χ2v) is 13.8. The smallest absolute Gasteiger partial charge is 0.408 e. The van der Waals surface area contributed by atoms with E-state index in [-0.39, 0.29) is 37.8 Å². The van der Waals surface area contributed by atoms with Crippen LogP contribution in [0.2, 0.25) is 0 Å². The Morgan fingerprint density at radius 3 is 2.53 bits per heavy atom. The number of thioether (sulfide) groups is 1. The Kier molecular flexibility index (Phi) is 10.3. The fourth-order valence-electron chi connectivity index (χ4n) is 5.53. The number of carbonyl (C=O) groups excluding carboxylic acids is 3. The van der Waals surface area contributed by atoms with Gasteiger partial charge in [0.05, 0.1) is 30.9 Å². The second-order valence-electron chi connectivity index (χ2n) is 11.3. The van der Waals surface area contributed by atoms with E-state index in [1.165, 1.54) is 11.3 Å². The maximum absolute atomic E-state index is 13.4. The summed E-state index contributed by atoms with van der Waals surface area (Å²) in [7, 11) is 0. The molecule has 2 N–H and O–H groups in total. The molecule has 4 aromatic rings. The van der Waals surface area contributed by atoms with Crippen molar-refractivity contribution in [2.45, 2.75) is 62.4 Å². The molecule has 13 heteroatoms. The van der Waals surface area contributed by atoms with Crippen LogP contribution in [0.4, 0.5) is 10.5 Å². The molecule has 6 rings (SSSR count). The molecular formula is C34H34N4O7S2. The zero-order valence-corrected chi connectivity index (χ0v) is 27.4. The van der Waals surface area contributed by atoms with E-state index in [2.05, 4.69) is 22.4 Å². The number of alkyl carbamates (subject to hydrolysis) is 1. The van der Waals surface area contributed by atoms with Crippen molar-refractivity contribution in [3.05, 3.63) is 106 Å². The minimum atomic E-state index is -1.05. The molecule has 5 atom stereocenters. The molecule has 1 unspecified atom stereocenters. The molecule has 2 aliphatic rings. The lowest BCUT2D eigenvalue weighted by Gasteiger charge is -2.41. The van der Waals surface area contributed by atoms with Crippen molar-refractivity contribution >= 4 is 46.7 Å². The molecule has 1 aromatic heterocycles. The van der Waals surface area contributed by atoms with Crippen LogP contribution in [-0.4, -0.2) is 51.1 Å². The molecule has 2 aliphatic heterocycles. The van der Waals surface area contributed by atoms with Crippen LogP contribution in [0.5, 0.6) is 0 Å². The van der Waals surface area contributed by atoms with Crippen molar-refractivity contribution in [1.29, 1.82) is 0 Å². The van der Waals surface area contributed by atoms with Gasteiger partial charge in [-0.15, -0.1) is 10.2 Å². The lowest BCUT2D eigenvalue weighted by molar-refractivity contribution is -0.268. The average molecular weight is 675 g/mol. The molecule has 3 amide bonds. The van der Waals surface area contributed by atoms with Crippen molar-refractivity contribution in [1.82, 2.24) is 15.5 Å². The lowest BCUT2D eigenvalue weighted by atomic mass is 9.91. The van der Waals surface area contributed by atoms with E-state index in [0.717, 1.165) is 30.9 Å². The number of aliphatic hydroxyl groups excluding tert-OH is 1. The summed E-state index contributed by atoms with van der Waals surface area (Å²) in [5, 5.41) is 21.3. The molecular weight excluding hydrogens is 641 g/mol. The zero-order chi connectivity index (χ0) is 32.9. The molecule has 0 radical (unpaired) electrons. The number of amides is 3. The Balaban J connectivity index is 1.18. The summed E-state index contributed by atoms with van der Waals surface area (Å²) >= 11 is 3.10. The van der Waals surface area contributed by atoms with Gasteiger partial charge in [0.15, 0.2) is 10.6 Å². The number of aromatic nitrogens is 2. The largest absolute Gasteiger partial charge is 0.445 e. The molecule has 11 nitrogen and oxygen atoms in total. The summed E-state index contributed by atoms with van der Waals surface area (Å²) in [6.45, 7) is 3.98.